The number of methoxy groups -OCH3 is 1. The summed E-state index contributed by atoms with van der Waals surface area (Å²) in [7, 11) is 3.56. The zero-order valence-electron chi connectivity index (χ0n) is 9.47. The van der Waals surface area contributed by atoms with Crippen molar-refractivity contribution in [3.8, 4) is 0 Å². The molecule has 1 atom stereocenters. The SMILES string of the molecule is COCC(N)CN(C)c1nccc(C)n1. The van der Waals surface area contributed by atoms with Crippen molar-refractivity contribution in [3.05, 3.63) is 18.0 Å². The maximum atomic E-state index is 5.84. The van der Waals surface area contributed by atoms with E-state index in [1.807, 2.05) is 24.9 Å². The molecule has 1 rings (SSSR count). The van der Waals surface area contributed by atoms with Crippen molar-refractivity contribution in [2.24, 2.45) is 5.73 Å². The quantitative estimate of drug-likeness (QED) is 0.752. The second-order valence-corrected chi connectivity index (χ2v) is 3.59. The van der Waals surface area contributed by atoms with Gasteiger partial charge in [-0.1, -0.05) is 0 Å². The van der Waals surface area contributed by atoms with E-state index in [9.17, 15) is 0 Å². The van der Waals surface area contributed by atoms with Crippen LogP contribution in [0.3, 0.4) is 0 Å². The molecular weight excluding hydrogens is 192 g/mol. The van der Waals surface area contributed by atoms with Crippen LogP contribution < -0.4 is 10.6 Å². The number of hydrogen-bond donors (Lipinski definition) is 1. The fraction of sp³-hybridized carbons (Fsp3) is 0.600. The maximum absolute atomic E-state index is 5.84. The summed E-state index contributed by atoms with van der Waals surface area (Å²) in [6, 6.07) is 1.84. The van der Waals surface area contributed by atoms with Gasteiger partial charge in [-0.2, -0.15) is 0 Å². The molecule has 0 aliphatic rings. The van der Waals surface area contributed by atoms with Crippen LogP contribution in [-0.4, -0.2) is 43.3 Å². The molecular formula is C10H18N4O. The first-order valence-corrected chi connectivity index (χ1v) is 4.88. The lowest BCUT2D eigenvalue weighted by Crippen LogP contribution is -2.39. The molecule has 0 aliphatic carbocycles. The fourth-order valence-electron chi connectivity index (χ4n) is 1.32. The van der Waals surface area contributed by atoms with Crippen LogP contribution in [0.5, 0.6) is 0 Å². The minimum Gasteiger partial charge on any atom is -0.383 e. The van der Waals surface area contributed by atoms with Crippen LogP contribution in [0.4, 0.5) is 5.95 Å². The first kappa shape index (κ1) is 11.9. The zero-order chi connectivity index (χ0) is 11.3. The fourth-order valence-corrected chi connectivity index (χ4v) is 1.32. The molecule has 5 heteroatoms. The van der Waals surface area contributed by atoms with Crippen LogP contribution in [-0.2, 0) is 4.74 Å². The Hall–Kier alpha value is -1.20. The lowest BCUT2D eigenvalue weighted by atomic mass is 10.3. The normalized spacial score (nSPS) is 12.5. The summed E-state index contributed by atoms with van der Waals surface area (Å²) in [6.07, 6.45) is 1.75. The summed E-state index contributed by atoms with van der Waals surface area (Å²) in [5, 5.41) is 0. The molecule has 0 aromatic carbocycles. The van der Waals surface area contributed by atoms with E-state index in [1.165, 1.54) is 0 Å². The highest BCUT2D eigenvalue weighted by molar-refractivity contribution is 5.28. The Labute approximate surface area is 90.3 Å². The average molecular weight is 210 g/mol. The summed E-state index contributed by atoms with van der Waals surface area (Å²) in [6.45, 7) is 3.15. The van der Waals surface area contributed by atoms with Crippen LogP contribution in [0.1, 0.15) is 5.69 Å². The molecule has 1 aromatic rings. The van der Waals surface area contributed by atoms with E-state index in [1.54, 1.807) is 13.3 Å². The standard InChI is InChI=1S/C10H18N4O/c1-8-4-5-12-10(13-8)14(2)6-9(11)7-15-3/h4-5,9H,6-7,11H2,1-3H3. The van der Waals surface area contributed by atoms with E-state index in [2.05, 4.69) is 9.97 Å². The van der Waals surface area contributed by atoms with E-state index >= 15 is 0 Å². The Morgan fingerprint density at radius 3 is 2.93 bits per heavy atom. The summed E-state index contributed by atoms with van der Waals surface area (Å²) >= 11 is 0. The number of aryl methyl sites for hydroxylation is 1. The minimum absolute atomic E-state index is 0.0240. The van der Waals surface area contributed by atoms with Gasteiger partial charge < -0.3 is 15.4 Å². The molecule has 0 aliphatic heterocycles. The maximum Gasteiger partial charge on any atom is 0.225 e. The van der Waals surface area contributed by atoms with Crippen LogP contribution in [0.15, 0.2) is 12.3 Å². The van der Waals surface area contributed by atoms with Gasteiger partial charge in [0.1, 0.15) is 0 Å². The van der Waals surface area contributed by atoms with Crippen LogP contribution >= 0.6 is 0 Å². The van der Waals surface area contributed by atoms with Crippen molar-refractivity contribution in [2.75, 3.05) is 32.2 Å². The predicted molar refractivity (Wildman–Crippen MR) is 59.9 cm³/mol. The van der Waals surface area contributed by atoms with Gasteiger partial charge in [-0.05, 0) is 13.0 Å². The van der Waals surface area contributed by atoms with Gasteiger partial charge >= 0.3 is 0 Å². The predicted octanol–water partition coefficient (Wildman–Crippen LogP) is 0.195. The topological polar surface area (TPSA) is 64.3 Å². The van der Waals surface area contributed by atoms with E-state index in [0.717, 1.165) is 5.69 Å². The van der Waals surface area contributed by atoms with Gasteiger partial charge in [0.25, 0.3) is 0 Å². The number of nitrogens with zero attached hydrogens (tertiary/aromatic N) is 3. The minimum atomic E-state index is -0.0240. The Morgan fingerprint density at radius 2 is 2.33 bits per heavy atom. The molecule has 84 valence electrons. The molecule has 1 aromatic heterocycles. The van der Waals surface area contributed by atoms with E-state index in [-0.39, 0.29) is 6.04 Å². The lowest BCUT2D eigenvalue weighted by molar-refractivity contribution is 0.181. The number of ether oxygens (including phenoxy) is 1. The second-order valence-electron chi connectivity index (χ2n) is 3.59. The highest BCUT2D eigenvalue weighted by Gasteiger charge is 2.09. The number of nitrogens with two attached hydrogens (primary N) is 1. The first-order chi connectivity index (χ1) is 7.13. The van der Waals surface area contributed by atoms with E-state index in [0.29, 0.717) is 19.1 Å². The number of hydrogen-bond acceptors (Lipinski definition) is 5. The lowest BCUT2D eigenvalue weighted by Gasteiger charge is -2.20. The van der Waals surface area contributed by atoms with E-state index < -0.39 is 0 Å². The highest BCUT2D eigenvalue weighted by Crippen LogP contribution is 2.04. The van der Waals surface area contributed by atoms with Gasteiger partial charge in [0, 0.05) is 38.6 Å². The van der Waals surface area contributed by atoms with Crippen LogP contribution in [0.2, 0.25) is 0 Å². The summed E-state index contributed by atoms with van der Waals surface area (Å²) in [4.78, 5) is 10.4. The van der Waals surface area contributed by atoms with Crippen LogP contribution in [0, 0.1) is 6.92 Å². The third-order valence-electron chi connectivity index (χ3n) is 2.01. The van der Waals surface area contributed by atoms with Crippen LogP contribution in [0.25, 0.3) is 0 Å². The number of likely N-dealkylation sites (N-methyl/N-ethyl adjacent to an activating group) is 1. The van der Waals surface area contributed by atoms with E-state index in [4.69, 9.17) is 10.5 Å². The molecule has 2 N–H and O–H groups in total. The molecule has 0 spiro atoms. The van der Waals surface area contributed by atoms with Gasteiger partial charge in [0.15, 0.2) is 0 Å². The van der Waals surface area contributed by atoms with Gasteiger partial charge in [-0.3, -0.25) is 0 Å². The second kappa shape index (κ2) is 5.63. The van der Waals surface area contributed by atoms with Gasteiger partial charge in [-0.15, -0.1) is 0 Å². The molecule has 0 bridgehead atoms. The molecule has 0 fully saturated rings. The van der Waals surface area contributed by atoms with Crippen molar-refractivity contribution in [2.45, 2.75) is 13.0 Å². The smallest absolute Gasteiger partial charge is 0.225 e. The summed E-state index contributed by atoms with van der Waals surface area (Å²) in [5.41, 5.74) is 6.79. The molecule has 15 heavy (non-hydrogen) atoms. The molecule has 5 nitrogen and oxygen atoms in total. The Bertz CT molecular complexity index is 305. The molecule has 1 unspecified atom stereocenters. The van der Waals surface area contributed by atoms with Gasteiger partial charge in [0.2, 0.25) is 5.95 Å². The Kier molecular flexibility index (Phi) is 4.45. The van der Waals surface area contributed by atoms with Crippen molar-refractivity contribution in [1.82, 2.24) is 9.97 Å². The summed E-state index contributed by atoms with van der Waals surface area (Å²) in [5.74, 6) is 0.696. The number of aromatic nitrogens is 2. The zero-order valence-corrected chi connectivity index (χ0v) is 9.47. The van der Waals surface area contributed by atoms with Gasteiger partial charge in [-0.25, -0.2) is 9.97 Å². The largest absolute Gasteiger partial charge is 0.383 e. The summed E-state index contributed by atoms with van der Waals surface area (Å²) < 4.78 is 4.97. The van der Waals surface area contributed by atoms with Crippen molar-refractivity contribution in [1.29, 1.82) is 0 Å². The number of anilines is 1. The third kappa shape index (κ3) is 3.81. The van der Waals surface area contributed by atoms with Crippen molar-refractivity contribution < 1.29 is 4.74 Å². The van der Waals surface area contributed by atoms with Crippen molar-refractivity contribution in [3.63, 3.8) is 0 Å². The Morgan fingerprint density at radius 1 is 1.60 bits per heavy atom. The molecule has 0 saturated carbocycles. The Balaban J connectivity index is 2.56. The molecule has 0 amide bonds. The third-order valence-corrected chi connectivity index (χ3v) is 2.01. The monoisotopic (exact) mass is 210 g/mol. The van der Waals surface area contributed by atoms with Crippen molar-refractivity contribution >= 4 is 5.95 Å². The average Bonchev–Trinajstić information content (AvgIpc) is 2.18. The molecule has 0 radical (unpaired) electrons. The molecule has 1 heterocycles. The highest BCUT2D eigenvalue weighted by atomic mass is 16.5. The first-order valence-electron chi connectivity index (χ1n) is 4.88. The van der Waals surface area contributed by atoms with Gasteiger partial charge in [0.05, 0.1) is 6.61 Å². The molecule has 0 saturated heterocycles. The number of rotatable bonds is 5.